The maximum Gasteiger partial charge on any atom is 0.329 e. The van der Waals surface area contributed by atoms with Crippen LogP contribution in [0.1, 0.15) is 164 Å². The molecule has 12 unspecified atom stereocenters. The average molecular weight is 1540 g/mol. The van der Waals surface area contributed by atoms with Crippen molar-refractivity contribution in [1.82, 2.24) is 50.8 Å². The molecular weight excluding hydrogens is 1430 g/mol. The van der Waals surface area contributed by atoms with Gasteiger partial charge < -0.3 is 74.9 Å². The lowest BCUT2D eigenvalue weighted by Gasteiger charge is -2.35. The van der Waals surface area contributed by atoms with Crippen LogP contribution in [0.25, 0.3) is 28.6 Å². The molecule has 12 atom stereocenters. The maximum absolute atomic E-state index is 15.2. The number of hydrogen-bond acceptors (Lipinski definition) is 21. The molecule has 5 fully saturated rings. The number of ether oxygens (including phenoxy) is 4. The molecule has 0 spiro atoms. The Balaban J connectivity index is 0.000000574. The predicted molar refractivity (Wildman–Crippen MR) is 409 cm³/mol. The number of carbonyl (C=O) groups is 13. The van der Waals surface area contributed by atoms with Crippen LogP contribution < -0.4 is 41.9 Å². The summed E-state index contributed by atoms with van der Waals surface area (Å²) in [5, 5.41) is 10.8. The molecule has 3 aliphatic carbocycles. The number of ketones is 2. The van der Waals surface area contributed by atoms with Crippen LogP contribution in [0, 0.1) is 61.2 Å². The lowest BCUT2D eigenvalue weighted by atomic mass is 9.83. The first-order valence-corrected chi connectivity index (χ1v) is 38.4. The van der Waals surface area contributed by atoms with E-state index in [4.69, 9.17) is 34.1 Å². The molecule has 8 aliphatic rings. The molecule has 0 aromatic heterocycles. The monoisotopic (exact) mass is 1540 g/mol. The van der Waals surface area contributed by atoms with E-state index in [0.29, 0.717) is 44.1 Å². The Labute approximate surface area is 646 Å². The minimum absolute atomic E-state index is 0.0668. The number of fused-ring (bicyclic) bond motifs is 5. The predicted octanol–water partition coefficient (Wildman–Crippen LogP) is 5.71. The molecule has 2 aromatic carbocycles. The van der Waals surface area contributed by atoms with Crippen molar-refractivity contribution in [3.05, 3.63) is 86.6 Å². The number of rotatable bonds is 11. The number of benzene rings is 3. The number of anilines is 1. The zero-order valence-corrected chi connectivity index (χ0v) is 66.4. The van der Waals surface area contributed by atoms with Gasteiger partial charge in [-0.3, -0.25) is 57.5 Å². The molecular formula is C81H107N11O19. The highest BCUT2D eigenvalue weighted by Gasteiger charge is 2.48. The number of piperidine rings is 1. The zero-order chi connectivity index (χ0) is 81.5. The summed E-state index contributed by atoms with van der Waals surface area (Å²) in [4.78, 5) is 211. The van der Waals surface area contributed by atoms with Gasteiger partial charge >= 0.3 is 11.9 Å². The van der Waals surface area contributed by atoms with E-state index in [2.05, 4.69) is 21.3 Å². The number of Topliss-reactive ketones (excluding diaryl/α,β-unsaturated/α-hetero) is 2. The van der Waals surface area contributed by atoms with Crippen molar-refractivity contribution in [2.75, 3.05) is 66.9 Å². The summed E-state index contributed by atoms with van der Waals surface area (Å²) in [5.41, 5.74) is 4.69. The molecule has 9 amide bonds. The number of aromatic nitrogens is 1. The van der Waals surface area contributed by atoms with Crippen molar-refractivity contribution >= 4 is 99.5 Å². The van der Waals surface area contributed by atoms with Gasteiger partial charge in [0.2, 0.25) is 53.6 Å². The second-order valence-corrected chi connectivity index (χ2v) is 31.5. The van der Waals surface area contributed by atoms with Crippen LogP contribution in [-0.4, -0.2) is 216 Å². The van der Waals surface area contributed by atoms with Crippen LogP contribution in [0.2, 0.25) is 0 Å². The van der Waals surface area contributed by atoms with E-state index in [1.165, 1.54) is 77.3 Å². The highest BCUT2D eigenvalue weighted by molar-refractivity contribution is 6.11. The number of hydrogen-bond donors (Lipinski definition) is 5. The number of esters is 2. The Bertz CT molecular complexity index is 4370. The summed E-state index contributed by atoms with van der Waals surface area (Å²) in [6.07, 6.45) is 10.1. The van der Waals surface area contributed by atoms with E-state index < -0.39 is 196 Å². The second-order valence-electron chi connectivity index (χ2n) is 31.5. The number of nitrogens with two attached hydrogens (primary N) is 1. The second kappa shape index (κ2) is 36.1. The molecule has 10 rings (SSSR count). The summed E-state index contributed by atoms with van der Waals surface area (Å²) in [6.45, 7) is 20.3. The van der Waals surface area contributed by atoms with E-state index in [-0.39, 0.29) is 46.4 Å². The van der Waals surface area contributed by atoms with Gasteiger partial charge in [-0.2, -0.15) is 0 Å². The number of cyclic esters (lactones) is 2. The molecule has 0 bridgehead atoms. The van der Waals surface area contributed by atoms with Crippen LogP contribution in [-0.2, 0) is 62.2 Å². The number of aryl methyl sites for hydroxylation is 1. The molecule has 2 aromatic rings. The van der Waals surface area contributed by atoms with Crippen molar-refractivity contribution in [3.8, 4) is 23.0 Å². The third-order valence-corrected chi connectivity index (χ3v) is 22.1. The summed E-state index contributed by atoms with van der Waals surface area (Å²) >= 11 is 0. The maximum atomic E-state index is 15.2. The number of carbonyl (C=O) groups excluding carboxylic acids is 13. The van der Waals surface area contributed by atoms with Crippen LogP contribution in [0.5, 0.6) is 11.5 Å². The summed E-state index contributed by atoms with van der Waals surface area (Å²) < 4.78 is 28.9. The Morgan fingerprint density at radius 1 is 0.595 bits per heavy atom. The lowest BCUT2D eigenvalue weighted by molar-refractivity contribution is -0.163. The van der Waals surface area contributed by atoms with Gasteiger partial charge in [-0.05, 0) is 126 Å². The molecule has 0 radical (unpaired) electrons. The largest absolute Gasteiger partial charge is 0.458 e. The van der Waals surface area contributed by atoms with Crippen molar-refractivity contribution in [3.63, 3.8) is 0 Å². The van der Waals surface area contributed by atoms with Gasteiger partial charge in [0, 0.05) is 76.6 Å². The summed E-state index contributed by atoms with van der Waals surface area (Å²) in [5.74, 6) is -13.2. The molecule has 6 N–H and O–H groups in total. The lowest BCUT2D eigenvalue weighted by Crippen LogP contribution is -2.59. The Kier molecular flexibility index (Phi) is 27.5. The van der Waals surface area contributed by atoms with E-state index in [9.17, 15) is 57.5 Å². The van der Waals surface area contributed by atoms with Gasteiger partial charge in [-0.1, -0.05) is 98.6 Å². The molecule has 3 saturated heterocycles. The standard InChI is InChI=1S/C64H88N10O16.C17H19NO3/c1-27(2)44-53(78)35-19-17-21-37(35)61(84)71(13)25-40(75)73(15)50(29(5)6)63(86)88-33(11)46(59(82)67-44)69-57(80)39-24-23-31(9)55-48(39)66-49-42(43(65)52(77)32(10)56(49)90-55)58(81)70-47-34(12)89-64(87)51(30(7)8)74(16)41(76)26-72(14)62(85)38-22-18-20-36(38)54(79)45(28(3)4)68-60(47)83;19-17(18-10-4-1-5-11-18)7-3-2-6-14-8-9-15-16(12-14)21-13-20-15/h23-24,27-30,33-38,44-47,50-51H,17-22,25-26,65H2,1-16H3,(H,67,82)(H,68,83)(H,69,80)(H,70,81);2-3,6-9,12H,1,4-5,10-11,13H2. The third kappa shape index (κ3) is 18.7. The number of nitrogens with one attached hydrogen (secondary N) is 4. The van der Waals surface area contributed by atoms with Gasteiger partial charge in [-0.25, -0.2) is 14.6 Å². The number of nitrogens with zero attached hydrogens (tertiary/aromatic N) is 6. The Hall–Kier alpha value is -10.6. The Morgan fingerprint density at radius 2 is 1.08 bits per heavy atom. The molecule has 30 heteroatoms. The number of likely N-dealkylation sites (N-methyl/N-ethyl adjacent to an activating group) is 4. The molecule has 30 nitrogen and oxygen atoms in total. The van der Waals surface area contributed by atoms with Gasteiger partial charge in [0.25, 0.3) is 11.8 Å². The topological polar surface area (TPSA) is 392 Å². The van der Waals surface area contributed by atoms with Crippen molar-refractivity contribution in [1.29, 1.82) is 0 Å². The zero-order valence-electron chi connectivity index (χ0n) is 66.4. The first-order valence-electron chi connectivity index (χ1n) is 38.4. The smallest absolute Gasteiger partial charge is 0.329 e. The first kappa shape index (κ1) is 84.5. The molecule has 5 heterocycles. The molecule has 5 aliphatic heterocycles. The van der Waals surface area contributed by atoms with Crippen LogP contribution in [0.3, 0.4) is 0 Å². The number of nitrogen functional groups attached to an aromatic ring is 1. The number of amides is 9. The fourth-order valence-corrected chi connectivity index (χ4v) is 15.7. The fourth-order valence-electron chi connectivity index (χ4n) is 15.7. The van der Waals surface area contributed by atoms with Gasteiger partial charge in [0.05, 0.1) is 42.0 Å². The third-order valence-electron chi connectivity index (χ3n) is 22.1. The normalized spacial score (nSPS) is 25.9. The number of likely N-dealkylation sites (tertiary alicyclic amines) is 1. The van der Waals surface area contributed by atoms with E-state index in [0.717, 1.165) is 52.8 Å². The fraction of sp³-hybridized carbons (Fsp3) is 0.568. The summed E-state index contributed by atoms with van der Waals surface area (Å²) in [7, 11) is 5.66. The highest BCUT2D eigenvalue weighted by Crippen LogP contribution is 2.39. The van der Waals surface area contributed by atoms with Crippen LogP contribution in [0.15, 0.2) is 57.8 Å². The molecule has 111 heavy (non-hydrogen) atoms. The van der Waals surface area contributed by atoms with Gasteiger partial charge in [0.15, 0.2) is 34.4 Å². The van der Waals surface area contributed by atoms with E-state index >= 15 is 9.59 Å². The Morgan fingerprint density at radius 3 is 1.58 bits per heavy atom. The van der Waals surface area contributed by atoms with Crippen molar-refractivity contribution in [2.24, 2.45) is 47.3 Å². The average Bonchev–Trinajstić information content (AvgIpc) is 0.870. The highest BCUT2D eigenvalue weighted by atomic mass is 16.7. The minimum atomic E-state index is -1.86. The SMILES string of the molecule is Cc1c2oc3c(C)ccc(C(=O)NC4C(=O)NC(C(C)C)C(=O)C5CCCC5C(=O)N(C)CC(=O)N(C)C(C(C)C)C(=O)OC4C)c3nc-2c(C(=O)NC2C(=O)NC(C(C)C)C(=O)C3CCCC3C(=O)N(C)CC(=O)N(C)C(C(C)C)C(=O)OC2C)c(N)c1=O.O=C(C=CC=Cc1ccc2c(c1)OCO2)N1CCCCC1. The van der Waals surface area contributed by atoms with Gasteiger partial charge in [-0.15, -0.1) is 0 Å². The molecule has 600 valence electrons. The summed E-state index contributed by atoms with van der Waals surface area (Å²) in [6, 6.07) is 0.0712. The minimum Gasteiger partial charge on any atom is -0.458 e. The first-order chi connectivity index (χ1) is 52.4. The number of allylic oxidation sites excluding steroid dienone is 2. The van der Waals surface area contributed by atoms with Crippen LogP contribution >= 0.6 is 0 Å². The van der Waals surface area contributed by atoms with Gasteiger partial charge in [0.1, 0.15) is 47.6 Å². The quantitative estimate of drug-likeness (QED) is 0.0394. The van der Waals surface area contributed by atoms with Crippen molar-refractivity contribution in [2.45, 2.75) is 189 Å². The van der Waals surface area contributed by atoms with E-state index in [1.807, 2.05) is 35.3 Å². The molecule has 2 saturated carbocycles. The van der Waals surface area contributed by atoms with Crippen molar-refractivity contribution < 1.29 is 85.7 Å². The van der Waals surface area contributed by atoms with E-state index in [1.54, 1.807) is 74.5 Å². The van der Waals surface area contributed by atoms with Crippen LogP contribution in [0.4, 0.5) is 5.69 Å².